The Bertz CT molecular complexity index is 621. The number of aromatic nitrogens is 1. The zero-order valence-electron chi connectivity index (χ0n) is 11.6. The molecule has 114 valence electrons. The van der Waals surface area contributed by atoms with Gasteiger partial charge in [0, 0.05) is 36.3 Å². The second-order valence-electron chi connectivity index (χ2n) is 4.94. The minimum atomic E-state index is 0. The number of halogens is 2. The molecule has 1 atom stereocenters. The van der Waals surface area contributed by atoms with Crippen LogP contribution in [0.1, 0.15) is 23.2 Å². The average Bonchev–Trinajstić information content (AvgIpc) is 2.94. The van der Waals surface area contributed by atoms with Gasteiger partial charge in [-0.25, -0.2) is 0 Å². The van der Waals surface area contributed by atoms with E-state index in [0.29, 0.717) is 6.54 Å². The quantitative estimate of drug-likeness (QED) is 0.922. The molecule has 0 bridgehead atoms. The standard InChI is InChI=1S/C15H17N3O.2ClH/c16-10-13-4-2-8-18(13)15(19)12-5-6-14-11(9-12)3-1-7-17-14;;/h1,3,5-7,9,13H,2,4,8,10,16H2;2*1H. The summed E-state index contributed by atoms with van der Waals surface area (Å²) in [6.45, 7) is 1.35. The molecule has 0 saturated carbocycles. The van der Waals surface area contributed by atoms with E-state index in [1.54, 1.807) is 6.20 Å². The van der Waals surface area contributed by atoms with E-state index in [1.165, 1.54) is 0 Å². The molecule has 1 saturated heterocycles. The Morgan fingerprint density at radius 3 is 2.90 bits per heavy atom. The predicted molar refractivity (Wildman–Crippen MR) is 89.4 cm³/mol. The summed E-state index contributed by atoms with van der Waals surface area (Å²) in [6, 6.07) is 9.71. The third kappa shape index (κ3) is 3.46. The summed E-state index contributed by atoms with van der Waals surface area (Å²) in [4.78, 5) is 18.7. The topological polar surface area (TPSA) is 59.2 Å². The lowest BCUT2D eigenvalue weighted by atomic mass is 10.1. The van der Waals surface area contributed by atoms with Crippen LogP contribution in [0.4, 0.5) is 0 Å². The van der Waals surface area contributed by atoms with Gasteiger partial charge in [-0.3, -0.25) is 9.78 Å². The number of amides is 1. The number of hydrogen-bond donors (Lipinski definition) is 1. The van der Waals surface area contributed by atoms with Crippen LogP contribution >= 0.6 is 24.8 Å². The molecule has 1 aliphatic heterocycles. The lowest BCUT2D eigenvalue weighted by Crippen LogP contribution is -2.39. The van der Waals surface area contributed by atoms with Gasteiger partial charge in [0.25, 0.3) is 5.91 Å². The molecular formula is C15H19Cl2N3O. The normalized spacial score (nSPS) is 17.2. The van der Waals surface area contributed by atoms with E-state index in [4.69, 9.17) is 5.73 Å². The van der Waals surface area contributed by atoms with Crippen LogP contribution in [0.5, 0.6) is 0 Å². The molecule has 6 heteroatoms. The van der Waals surface area contributed by atoms with Crippen molar-refractivity contribution in [1.29, 1.82) is 0 Å². The maximum Gasteiger partial charge on any atom is 0.254 e. The van der Waals surface area contributed by atoms with Gasteiger partial charge in [0.2, 0.25) is 0 Å². The van der Waals surface area contributed by atoms with E-state index in [0.717, 1.165) is 35.9 Å². The second kappa shape index (κ2) is 7.59. The van der Waals surface area contributed by atoms with E-state index in [1.807, 2.05) is 35.2 Å². The first-order chi connectivity index (χ1) is 9.29. The summed E-state index contributed by atoms with van der Waals surface area (Å²) in [6.07, 6.45) is 3.81. The van der Waals surface area contributed by atoms with E-state index in [2.05, 4.69) is 4.98 Å². The van der Waals surface area contributed by atoms with Crippen LogP contribution < -0.4 is 5.73 Å². The van der Waals surface area contributed by atoms with Crippen molar-refractivity contribution in [3.63, 3.8) is 0 Å². The molecule has 2 N–H and O–H groups in total. The Morgan fingerprint density at radius 2 is 2.14 bits per heavy atom. The van der Waals surface area contributed by atoms with Crippen molar-refractivity contribution in [1.82, 2.24) is 9.88 Å². The van der Waals surface area contributed by atoms with Gasteiger partial charge in [-0.05, 0) is 37.1 Å². The molecule has 4 nitrogen and oxygen atoms in total. The Kier molecular flexibility index (Phi) is 6.40. The third-order valence-corrected chi connectivity index (χ3v) is 3.76. The van der Waals surface area contributed by atoms with Crippen molar-refractivity contribution in [3.05, 3.63) is 42.1 Å². The molecule has 1 aliphatic rings. The van der Waals surface area contributed by atoms with E-state index in [-0.39, 0.29) is 36.8 Å². The predicted octanol–water partition coefficient (Wildman–Crippen LogP) is 2.64. The van der Waals surface area contributed by atoms with Gasteiger partial charge >= 0.3 is 0 Å². The van der Waals surface area contributed by atoms with E-state index in [9.17, 15) is 4.79 Å². The molecule has 2 heterocycles. The molecule has 2 aromatic rings. The Hall–Kier alpha value is -1.36. The summed E-state index contributed by atoms with van der Waals surface area (Å²) in [5, 5.41) is 0.997. The monoisotopic (exact) mass is 327 g/mol. The Morgan fingerprint density at radius 1 is 1.33 bits per heavy atom. The lowest BCUT2D eigenvalue weighted by Gasteiger charge is -2.23. The highest BCUT2D eigenvalue weighted by molar-refractivity contribution is 5.98. The van der Waals surface area contributed by atoms with Gasteiger partial charge < -0.3 is 10.6 Å². The number of hydrogen-bond acceptors (Lipinski definition) is 3. The molecular weight excluding hydrogens is 309 g/mol. The van der Waals surface area contributed by atoms with Gasteiger partial charge in [0.05, 0.1) is 5.52 Å². The molecule has 3 rings (SSSR count). The first-order valence-electron chi connectivity index (χ1n) is 6.65. The molecule has 1 fully saturated rings. The van der Waals surface area contributed by atoms with Gasteiger partial charge in [-0.15, -0.1) is 24.8 Å². The summed E-state index contributed by atoms with van der Waals surface area (Å²) in [7, 11) is 0. The highest BCUT2D eigenvalue weighted by atomic mass is 35.5. The summed E-state index contributed by atoms with van der Waals surface area (Å²) in [5.41, 5.74) is 7.36. The lowest BCUT2D eigenvalue weighted by molar-refractivity contribution is 0.0741. The molecule has 1 aromatic heterocycles. The highest BCUT2D eigenvalue weighted by Gasteiger charge is 2.28. The fourth-order valence-corrected chi connectivity index (χ4v) is 2.72. The van der Waals surface area contributed by atoms with E-state index >= 15 is 0 Å². The van der Waals surface area contributed by atoms with E-state index < -0.39 is 0 Å². The Labute approximate surface area is 136 Å². The van der Waals surface area contributed by atoms with Crippen LogP contribution in [0.15, 0.2) is 36.5 Å². The van der Waals surface area contributed by atoms with Crippen LogP contribution in [-0.4, -0.2) is 34.9 Å². The zero-order chi connectivity index (χ0) is 13.2. The van der Waals surface area contributed by atoms with Gasteiger partial charge in [0.15, 0.2) is 0 Å². The number of nitrogens with two attached hydrogens (primary N) is 1. The highest BCUT2D eigenvalue weighted by Crippen LogP contribution is 2.21. The maximum absolute atomic E-state index is 12.5. The summed E-state index contributed by atoms with van der Waals surface area (Å²) >= 11 is 0. The van der Waals surface area contributed by atoms with Crippen molar-refractivity contribution in [3.8, 4) is 0 Å². The van der Waals surface area contributed by atoms with Gasteiger partial charge in [0.1, 0.15) is 0 Å². The number of rotatable bonds is 2. The molecule has 1 amide bonds. The molecule has 21 heavy (non-hydrogen) atoms. The number of likely N-dealkylation sites (tertiary alicyclic amines) is 1. The van der Waals surface area contributed by atoms with Gasteiger partial charge in [-0.1, -0.05) is 6.07 Å². The Balaban J connectivity index is 0.00000110. The molecule has 0 spiro atoms. The smallest absolute Gasteiger partial charge is 0.254 e. The molecule has 0 radical (unpaired) electrons. The van der Waals surface area contributed by atoms with Crippen LogP contribution in [-0.2, 0) is 0 Å². The fourth-order valence-electron chi connectivity index (χ4n) is 2.72. The van der Waals surface area contributed by atoms with Crippen molar-refractivity contribution in [2.75, 3.05) is 13.1 Å². The number of carbonyl (C=O) groups is 1. The molecule has 1 aromatic carbocycles. The second-order valence-corrected chi connectivity index (χ2v) is 4.94. The van der Waals surface area contributed by atoms with Crippen molar-refractivity contribution < 1.29 is 4.79 Å². The van der Waals surface area contributed by atoms with Crippen LogP contribution in [0, 0.1) is 0 Å². The van der Waals surface area contributed by atoms with Crippen molar-refractivity contribution >= 4 is 41.6 Å². The number of benzene rings is 1. The first-order valence-corrected chi connectivity index (χ1v) is 6.65. The zero-order valence-corrected chi connectivity index (χ0v) is 13.2. The average molecular weight is 328 g/mol. The molecule has 1 unspecified atom stereocenters. The third-order valence-electron chi connectivity index (χ3n) is 3.76. The minimum Gasteiger partial charge on any atom is -0.334 e. The summed E-state index contributed by atoms with van der Waals surface area (Å²) in [5.74, 6) is 0.0821. The maximum atomic E-state index is 12.5. The van der Waals surface area contributed by atoms with Gasteiger partial charge in [-0.2, -0.15) is 0 Å². The van der Waals surface area contributed by atoms with Crippen molar-refractivity contribution in [2.24, 2.45) is 5.73 Å². The van der Waals surface area contributed by atoms with Crippen molar-refractivity contribution in [2.45, 2.75) is 18.9 Å². The minimum absolute atomic E-state index is 0. The fraction of sp³-hybridized carbons (Fsp3) is 0.333. The first kappa shape index (κ1) is 17.7. The molecule has 0 aliphatic carbocycles. The van der Waals surface area contributed by atoms with Crippen LogP contribution in [0.3, 0.4) is 0 Å². The number of nitrogens with zero attached hydrogens (tertiary/aromatic N) is 2. The van der Waals surface area contributed by atoms with Crippen LogP contribution in [0.25, 0.3) is 10.9 Å². The van der Waals surface area contributed by atoms with Crippen LogP contribution in [0.2, 0.25) is 0 Å². The summed E-state index contributed by atoms with van der Waals surface area (Å²) < 4.78 is 0. The SMILES string of the molecule is Cl.Cl.NCC1CCCN1C(=O)c1ccc2ncccc2c1. The largest absolute Gasteiger partial charge is 0.334 e. The number of pyridine rings is 1. The number of fused-ring (bicyclic) bond motifs is 1. The number of carbonyl (C=O) groups excluding carboxylic acids is 1.